The first kappa shape index (κ1) is 16.1. The molecule has 3 rings (SSSR count). The van der Waals surface area contributed by atoms with Gasteiger partial charge >= 0.3 is 0 Å². The molecule has 1 fully saturated rings. The summed E-state index contributed by atoms with van der Waals surface area (Å²) < 4.78 is 14.0. The van der Waals surface area contributed by atoms with Gasteiger partial charge in [0.15, 0.2) is 0 Å². The molecule has 1 amide bonds. The van der Waals surface area contributed by atoms with Crippen molar-refractivity contribution in [1.82, 2.24) is 4.90 Å². The van der Waals surface area contributed by atoms with Gasteiger partial charge in [-0.3, -0.25) is 9.69 Å². The summed E-state index contributed by atoms with van der Waals surface area (Å²) >= 11 is 3.41. The van der Waals surface area contributed by atoms with Crippen molar-refractivity contribution in [3.63, 3.8) is 0 Å². The van der Waals surface area contributed by atoms with Crippen LogP contribution >= 0.6 is 15.9 Å². The summed E-state index contributed by atoms with van der Waals surface area (Å²) in [4.78, 5) is 16.6. The van der Waals surface area contributed by atoms with Gasteiger partial charge in [-0.1, -0.05) is 28.1 Å². The first-order valence-corrected chi connectivity index (χ1v) is 8.39. The average molecular weight is 377 g/mol. The van der Waals surface area contributed by atoms with Crippen LogP contribution in [0.3, 0.4) is 0 Å². The minimum absolute atomic E-state index is 0.0979. The molecule has 0 aliphatic carbocycles. The van der Waals surface area contributed by atoms with Crippen molar-refractivity contribution in [3.05, 3.63) is 64.4 Å². The van der Waals surface area contributed by atoms with Crippen LogP contribution in [-0.4, -0.2) is 29.9 Å². The maximum absolute atomic E-state index is 13.0. The quantitative estimate of drug-likeness (QED) is 0.812. The molecular formula is C18H18BrFN2O. The summed E-state index contributed by atoms with van der Waals surface area (Å²) in [5.41, 5.74) is 1.94. The molecule has 0 radical (unpaired) electrons. The van der Waals surface area contributed by atoms with Crippen molar-refractivity contribution >= 4 is 27.5 Å². The summed E-state index contributed by atoms with van der Waals surface area (Å²) in [5, 5.41) is 0. The van der Waals surface area contributed by atoms with Crippen molar-refractivity contribution in [1.29, 1.82) is 0 Å². The number of carbonyl (C=O) groups excluding carboxylic acids is 1. The number of rotatable bonds is 3. The van der Waals surface area contributed by atoms with Gasteiger partial charge in [-0.25, -0.2) is 4.39 Å². The summed E-state index contributed by atoms with van der Waals surface area (Å²) in [5.74, 6) is -0.140. The van der Waals surface area contributed by atoms with E-state index in [1.807, 2.05) is 36.1 Å². The van der Waals surface area contributed by atoms with Crippen LogP contribution in [0.1, 0.15) is 12.5 Å². The zero-order valence-electron chi connectivity index (χ0n) is 12.9. The lowest BCUT2D eigenvalue weighted by atomic mass is 10.1. The van der Waals surface area contributed by atoms with Crippen molar-refractivity contribution < 1.29 is 9.18 Å². The molecule has 1 aliphatic rings. The Bertz CT molecular complexity index is 687. The van der Waals surface area contributed by atoms with Gasteiger partial charge in [-0.2, -0.15) is 0 Å². The molecule has 2 aromatic rings. The summed E-state index contributed by atoms with van der Waals surface area (Å²) in [7, 11) is 0. The van der Waals surface area contributed by atoms with Crippen LogP contribution in [-0.2, 0) is 11.3 Å². The Labute approximate surface area is 143 Å². The van der Waals surface area contributed by atoms with Gasteiger partial charge in [-0.15, -0.1) is 0 Å². The zero-order valence-corrected chi connectivity index (χ0v) is 14.5. The molecule has 0 N–H and O–H groups in total. The summed E-state index contributed by atoms with van der Waals surface area (Å²) in [6.45, 7) is 4.03. The molecule has 1 aliphatic heterocycles. The molecule has 1 atom stereocenters. The number of carbonyl (C=O) groups is 1. The van der Waals surface area contributed by atoms with E-state index >= 15 is 0 Å². The van der Waals surface area contributed by atoms with E-state index in [2.05, 4.69) is 20.8 Å². The van der Waals surface area contributed by atoms with E-state index in [-0.39, 0.29) is 17.8 Å². The lowest BCUT2D eigenvalue weighted by Gasteiger charge is -2.39. The van der Waals surface area contributed by atoms with Crippen LogP contribution in [0.5, 0.6) is 0 Å². The fourth-order valence-electron chi connectivity index (χ4n) is 2.83. The average Bonchev–Trinajstić information content (AvgIpc) is 2.55. The Kier molecular flexibility index (Phi) is 4.78. The van der Waals surface area contributed by atoms with E-state index in [9.17, 15) is 9.18 Å². The Balaban J connectivity index is 1.70. The highest BCUT2D eigenvalue weighted by molar-refractivity contribution is 9.10. The van der Waals surface area contributed by atoms with Gasteiger partial charge in [0.05, 0.1) is 6.04 Å². The molecule has 0 bridgehead atoms. The lowest BCUT2D eigenvalue weighted by Crippen LogP contribution is -2.55. The monoisotopic (exact) mass is 376 g/mol. The van der Waals surface area contributed by atoms with Crippen LogP contribution in [0, 0.1) is 5.82 Å². The molecule has 0 unspecified atom stereocenters. The third-order valence-corrected chi connectivity index (χ3v) is 4.75. The maximum atomic E-state index is 13.0. The van der Waals surface area contributed by atoms with Gasteiger partial charge in [0.2, 0.25) is 5.91 Å². The van der Waals surface area contributed by atoms with Gasteiger partial charge < -0.3 is 4.90 Å². The number of benzene rings is 2. The number of anilines is 1. The van der Waals surface area contributed by atoms with Gasteiger partial charge in [-0.05, 0) is 48.9 Å². The molecule has 5 heteroatoms. The number of hydrogen-bond acceptors (Lipinski definition) is 2. The molecule has 0 aromatic heterocycles. The third kappa shape index (κ3) is 3.62. The number of hydrogen-bond donors (Lipinski definition) is 0. The molecule has 1 saturated heterocycles. The van der Waals surface area contributed by atoms with Crippen molar-refractivity contribution in [2.75, 3.05) is 18.0 Å². The number of amides is 1. The minimum Gasteiger partial charge on any atom is -0.310 e. The first-order chi connectivity index (χ1) is 11.0. The number of nitrogens with zero attached hydrogens (tertiary/aromatic N) is 2. The molecular weight excluding hydrogens is 359 g/mol. The Morgan fingerprint density at radius 2 is 1.74 bits per heavy atom. The van der Waals surface area contributed by atoms with Crippen LogP contribution in [0.15, 0.2) is 53.0 Å². The van der Waals surface area contributed by atoms with Crippen molar-refractivity contribution in [2.45, 2.75) is 19.5 Å². The first-order valence-electron chi connectivity index (χ1n) is 7.60. The fraction of sp³-hybridized carbons (Fsp3) is 0.278. The normalized spacial score (nSPS) is 19.2. The Hall–Kier alpha value is -1.72. The predicted octanol–water partition coefficient (Wildman–Crippen LogP) is 3.83. The number of piperazine rings is 1. The molecule has 0 saturated carbocycles. The standard InChI is InChI=1S/C18H18BrFN2O/c1-13-18(23)22(17-8-4-15(19)5-9-17)11-10-21(13)12-14-2-6-16(20)7-3-14/h2-9,13H,10-12H2,1H3/t13-/m0/s1. The van der Waals surface area contributed by atoms with Crippen LogP contribution in [0.25, 0.3) is 0 Å². The topological polar surface area (TPSA) is 23.6 Å². The highest BCUT2D eigenvalue weighted by atomic mass is 79.9. The van der Waals surface area contributed by atoms with Crippen LogP contribution < -0.4 is 4.90 Å². The largest absolute Gasteiger partial charge is 0.310 e. The summed E-state index contributed by atoms with van der Waals surface area (Å²) in [6, 6.07) is 14.0. The smallest absolute Gasteiger partial charge is 0.244 e. The van der Waals surface area contributed by atoms with Crippen molar-refractivity contribution in [2.24, 2.45) is 0 Å². The molecule has 23 heavy (non-hydrogen) atoms. The van der Waals surface area contributed by atoms with E-state index < -0.39 is 0 Å². The molecule has 3 nitrogen and oxygen atoms in total. The second-order valence-electron chi connectivity index (χ2n) is 5.74. The molecule has 1 heterocycles. The fourth-order valence-corrected chi connectivity index (χ4v) is 3.10. The van der Waals surface area contributed by atoms with Gasteiger partial charge in [0, 0.05) is 29.8 Å². The predicted molar refractivity (Wildman–Crippen MR) is 92.8 cm³/mol. The Morgan fingerprint density at radius 1 is 1.09 bits per heavy atom. The summed E-state index contributed by atoms with van der Waals surface area (Å²) in [6.07, 6.45) is 0. The Morgan fingerprint density at radius 3 is 2.39 bits per heavy atom. The maximum Gasteiger partial charge on any atom is 0.244 e. The highest BCUT2D eigenvalue weighted by Gasteiger charge is 2.32. The van der Waals surface area contributed by atoms with Gasteiger partial charge in [0.1, 0.15) is 5.82 Å². The highest BCUT2D eigenvalue weighted by Crippen LogP contribution is 2.23. The number of halogens is 2. The van der Waals surface area contributed by atoms with E-state index in [1.54, 1.807) is 12.1 Å². The van der Waals surface area contributed by atoms with Gasteiger partial charge in [0.25, 0.3) is 0 Å². The molecule has 0 spiro atoms. The third-order valence-electron chi connectivity index (χ3n) is 4.22. The lowest BCUT2D eigenvalue weighted by molar-refractivity contribution is -0.125. The SMILES string of the molecule is C[C@H]1C(=O)N(c2ccc(Br)cc2)CCN1Cc1ccc(F)cc1. The van der Waals surface area contributed by atoms with E-state index in [0.717, 1.165) is 22.3 Å². The second kappa shape index (κ2) is 6.81. The van der Waals surface area contributed by atoms with Crippen LogP contribution in [0.4, 0.5) is 10.1 Å². The van der Waals surface area contributed by atoms with E-state index in [1.165, 1.54) is 12.1 Å². The van der Waals surface area contributed by atoms with Crippen molar-refractivity contribution in [3.8, 4) is 0 Å². The second-order valence-corrected chi connectivity index (χ2v) is 6.65. The van der Waals surface area contributed by atoms with E-state index in [4.69, 9.17) is 0 Å². The van der Waals surface area contributed by atoms with E-state index in [0.29, 0.717) is 13.1 Å². The minimum atomic E-state index is -0.238. The molecule has 2 aromatic carbocycles. The zero-order chi connectivity index (χ0) is 16.4. The molecule has 120 valence electrons. The van der Waals surface area contributed by atoms with Crippen LogP contribution in [0.2, 0.25) is 0 Å².